The second-order valence-corrected chi connectivity index (χ2v) is 12.1. The van der Waals surface area contributed by atoms with Gasteiger partial charge in [0, 0.05) is 51.8 Å². The Balaban J connectivity index is 1.93. The van der Waals surface area contributed by atoms with E-state index in [0.29, 0.717) is 5.56 Å². The van der Waals surface area contributed by atoms with E-state index in [0.717, 1.165) is 12.8 Å². The van der Waals surface area contributed by atoms with Gasteiger partial charge in [0.1, 0.15) is 10.6 Å². The summed E-state index contributed by atoms with van der Waals surface area (Å²) < 4.78 is 50.3. The zero-order valence-corrected chi connectivity index (χ0v) is 19.8. The van der Waals surface area contributed by atoms with Crippen LogP contribution >= 0.6 is 23.2 Å². The largest absolute Gasteiger partial charge is 0.760 e. The molecule has 7 nitrogen and oxygen atoms in total. The van der Waals surface area contributed by atoms with Crippen molar-refractivity contribution < 1.29 is 22.3 Å². The van der Waals surface area contributed by atoms with Gasteiger partial charge in [0.15, 0.2) is 15.6 Å². The predicted molar refractivity (Wildman–Crippen MR) is 120 cm³/mol. The third-order valence-electron chi connectivity index (χ3n) is 5.73. The molecule has 2 aromatic rings. The normalized spacial score (nSPS) is 20.6. The SMILES string of the molecule is CC1(C)c2cccnc2C(O)=C(c2ccc(Cl)c(CN(C3CC3)S(=O)[O-])c2Cl)S1(=O)=O. The van der Waals surface area contributed by atoms with Gasteiger partial charge in [-0.2, -0.15) is 0 Å². The smallest absolute Gasteiger partial charge is 0.192 e. The van der Waals surface area contributed by atoms with Crippen LogP contribution in [0.5, 0.6) is 0 Å². The molecule has 1 aliphatic carbocycles. The Bertz CT molecular complexity index is 1240. The zero-order valence-electron chi connectivity index (χ0n) is 16.6. The van der Waals surface area contributed by atoms with Crippen molar-refractivity contribution in [1.82, 2.24) is 9.29 Å². The van der Waals surface area contributed by atoms with Gasteiger partial charge in [0.05, 0.1) is 9.77 Å². The van der Waals surface area contributed by atoms with Crippen LogP contribution in [0.4, 0.5) is 0 Å². The Kier molecular flexibility index (Phi) is 5.73. The van der Waals surface area contributed by atoms with E-state index >= 15 is 0 Å². The summed E-state index contributed by atoms with van der Waals surface area (Å²) in [7, 11) is -4.09. The van der Waals surface area contributed by atoms with Crippen molar-refractivity contribution in [1.29, 1.82) is 0 Å². The zero-order chi connectivity index (χ0) is 22.7. The first-order valence-electron chi connectivity index (χ1n) is 9.45. The van der Waals surface area contributed by atoms with E-state index in [2.05, 4.69) is 4.98 Å². The van der Waals surface area contributed by atoms with E-state index in [9.17, 15) is 22.3 Å². The van der Waals surface area contributed by atoms with E-state index < -0.39 is 31.6 Å². The van der Waals surface area contributed by atoms with Gasteiger partial charge in [-0.15, -0.1) is 0 Å². The number of rotatable bonds is 5. The lowest BCUT2D eigenvalue weighted by molar-refractivity contribution is 0.376. The number of pyridine rings is 1. The maximum Gasteiger partial charge on any atom is 0.192 e. The molecule has 1 atom stereocenters. The molecule has 1 aromatic heterocycles. The fraction of sp³-hybridized carbons (Fsp3) is 0.350. The highest BCUT2D eigenvalue weighted by molar-refractivity contribution is 8.01. The lowest BCUT2D eigenvalue weighted by Gasteiger charge is -2.33. The molecule has 166 valence electrons. The minimum absolute atomic E-state index is 0.0242. The molecule has 0 saturated heterocycles. The first-order chi connectivity index (χ1) is 14.5. The fourth-order valence-corrected chi connectivity index (χ4v) is 6.83. The summed E-state index contributed by atoms with van der Waals surface area (Å²) in [5, 5.41) is 11.1. The van der Waals surface area contributed by atoms with Crippen LogP contribution in [0.2, 0.25) is 10.0 Å². The van der Waals surface area contributed by atoms with Crippen LogP contribution < -0.4 is 0 Å². The van der Waals surface area contributed by atoms with Gasteiger partial charge in [0.25, 0.3) is 0 Å². The van der Waals surface area contributed by atoms with Gasteiger partial charge in [-0.1, -0.05) is 35.3 Å². The molecular formula is C20H19Cl2N2O5S2-. The van der Waals surface area contributed by atoms with Crippen molar-refractivity contribution in [2.75, 3.05) is 0 Å². The molecule has 1 fully saturated rings. The van der Waals surface area contributed by atoms with Crippen molar-refractivity contribution in [3.63, 3.8) is 0 Å². The third kappa shape index (κ3) is 3.61. The standard InChI is InChI=1S/C20H20Cl2N2O5S2/c1-20(2)14-4-3-9-23-17(14)18(25)19(31(20,28)29)12-7-8-15(21)13(16(12)22)10-24(30(26)27)11-5-6-11/h3-4,7-9,11,25H,5-6,10H2,1-2H3,(H,26,27)/p-1. The van der Waals surface area contributed by atoms with Crippen molar-refractivity contribution in [2.24, 2.45) is 0 Å². The number of hydrogen-bond donors (Lipinski definition) is 1. The van der Waals surface area contributed by atoms with Crippen LogP contribution in [0.1, 0.15) is 49.1 Å². The van der Waals surface area contributed by atoms with E-state index in [4.69, 9.17) is 23.2 Å². The Hall–Kier alpha value is -1.49. The number of nitrogens with zero attached hydrogens (tertiary/aromatic N) is 2. The van der Waals surface area contributed by atoms with Crippen LogP contribution in [-0.2, 0) is 32.4 Å². The van der Waals surface area contributed by atoms with Crippen LogP contribution in [0, 0.1) is 0 Å². The molecule has 1 aromatic carbocycles. The van der Waals surface area contributed by atoms with E-state index in [1.54, 1.807) is 12.1 Å². The number of halogens is 2. The monoisotopic (exact) mass is 501 g/mol. The highest BCUT2D eigenvalue weighted by atomic mass is 35.5. The highest BCUT2D eigenvalue weighted by Crippen LogP contribution is 2.49. The van der Waals surface area contributed by atoms with Crippen molar-refractivity contribution in [3.05, 3.63) is 62.9 Å². The average molecular weight is 502 g/mol. The van der Waals surface area contributed by atoms with Gasteiger partial charge in [0.2, 0.25) is 0 Å². The fourth-order valence-electron chi connectivity index (χ4n) is 3.73. The van der Waals surface area contributed by atoms with Crippen molar-refractivity contribution >= 4 is 55.0 Å². The first-order valence-corrected chi connectivity index (χ1v) is 12.7. The number of aliphatic hydroxyl groups is 1. The highest BCUT2D eigenvalue weighted by Gasteiger charge is 2.48. The molecule has 31 heavy (non-hydrogen) atoms. The van der Waals surface area contributed by atoms with Crippen LogP contribution in [0.3, 0.4) is 0 Å². The molecule has 1 N–H and O–H groups in total. The number of sulfone groups is 1. The molecule has 1 aliphatic heterocycles. The third-order valence-corrected chi connectivity index (χ3v) is 9.84. The number of aliphatic hydroxyl groups excluding tert-OH is 1. The Morgan fingerprint density at radius 2 is 1.97 bits per heavy atom. The van der Waals surface area contributed by atoms with Gasteiger partial charge in [-0.05, 0) is 38.8 Å². The topological polar surface area (TPSA) is 111 Å². The number of fused-ring (bicyclic) bond motifs is 1. The van der Waals surface area contributed by atoms with Crippen LogP contribution in [0.25, 0.3) is 10.7 Å². The summed E-state index contributed by atoms with van der Waals surface area (Å²) in [6.45, 7) is 2.98. The van der Waals surface area contributed by atoms with Gasteiger partial charge >= 0.3 is 0 Å². The van der Waals surface area contributed by atoms with E-state index in [-0.39, 0.29) is 44.4 Å². The molecule has 2 aliphatic rings. The summed E-state index contributed by atoms with van der Waals surface area (Å²) in [5.41, 5.74) is 0.862. The quantitative estimate of drug-likeness (QED) is 0.614. The summed E-state index contributed by atoms with van der Waals surface area (Å²) in [5.74, 6) is -0.503. The molecule has 2 heterocycles. The van der Waals surface area contributed by atoms with Crippen LogP contribution in [0.15, 0.2) is 30.5 Å². The Labute approximate surface area is 193 Å². The molecule has 4 rings (SSSR count). The lowest BCUT2D eigenvalue weighted by atomic mass is 9.97. The van der Waals surface area contributed by atoms with Gasteiger partial charge in [-0.3, -0.25) is 9.19 Å². The number of aromatic nitrogens is 1. The summed E-state index contributed by atoms with van der Waals surface area (Å²) in [6, 6.07) is 5.95. The second-order valence-electron chi connectivity index (χ2n) is 8.00. The van der Waals surface area contributed by atoms with Crippen LogP contribution in [-0.4, -0.2) is 37.6 Å². The average Bonchev–Trinajstić information content (AvgIpc) is 3.53. The molecular weight excluding hydrogens is 483 g/mol. The van der Waals surface area contributed by atoms with Gasteiger partial charge < -0.3 is 9.66 Å². The van der Waals surface area contributed by atoms with E-state index in [1.165, 1.54) is 36.5 Å². The summed E-state index contributed by atoms with van der Waals surface area (Å²) in [4.78, 5) is 3.82. The molecule has 0 amide bonds. The predicted octanol–water partition coefficient (Wildman–Crippen LogP) is 4.19. The minimum Gasteiger partial charge on any atom is -0.760 e. The maximum absolute atomic E-state index is 13.6. The summed E-state index contributed by atoms with van der Waals surface area (Å²) >= 11 is 10.4. The second kappa shape index (κ2) is 7.83. The Morgan fingerprint density at radius 1 is 1.29 bits per heavy atom. The maximum atomic E-state index is 13.6. The first kappa shape index (κ1) is 22.7. The van der Waals surface area contributed by atoms with Crippen molar-refractivity contribution in [2.45, 2.75) is 44.0 Å². The Morgan fingerprint density at radius 3 is 2.58 bits per heavy atom. The van der Waals surface area contributed by atoms with E-state index in [1.807, 2.05) is 0 Å². The lowest BCUT2D eigenvalue weighted by Crippen LogP contribution is -2.35. The molecule has 0 bridgehead atoms. The summed E-state index contributed by atoms with van der Waals surface area (Å²) in [6.07, 6.45) is 2.94. The van der Waals surface area contributed by atoms with Crippen molar-refractivity contribution in [3.8, 4) is 0 Å². The molecule has 0 spiro atoms. The molecule has 1 saturated carbocycles. The number of hydrogen-bond acceptors (Lipinski definition) is 6. The molecule has 1 unspecified atom stereocenters. The molecule has 11 heteroatoms. The minimum atomic E-state index is -4.09. The number of benzene rings is 1. The molecule has 0 radical (unpaired) electrons. The van der Waals surface area contributed by atoms with Gasteiger partial charge in [-0.25, -0.2) is 12.7 Å².